The highest BCUT2D eigenvalue weighted by Crippen LogP contribution is 2.23. The predicted octanol–water partition coefficient (Wildman–Crippen LogP) is 2.61. The third-order valence-corrected chi connectivity index (χ3v) is 4.04. The first-order valence-electron chi connectivity index (χ1n) is 5.79. The molecule has 0 aromatic heterocycles. The summed E-state index contributed by atoms with van der Waals surface area (Å²) in [6.45, 7) is 0. The summed E-state index contributed by atoms with van der Waals surface area (Å²) < 4.78 is 23.3. The highest BCUT2D eigenvalue weighted by molar-refractivity contribution is 7.90. The van der Waals surface area contributed by atoms with E-state index in [0.717, 1.165) is 19.3 Å². The first-order chi connectivity index (χ1) is 8.07. The van der Waals surface area contributed by atoms with E-state index in [1.54, 1.807) is 12.1 Å². The Morgan fingerprint density at radius 2 is 2.06 bits per heavy atom. The van der Waals surface area contributed by atoms with Crippen LogP contribution in [0.3, 0.4) is 0 Å². The van der Waals surface area contributed by atoms with Crippen LogP contribution in [0.1, 0.15) is 19.3 Å². The van der Waals surface area contributed by atoms with Gasteiger partial charge < -0.3 is 5.32 Å². The summed E-state index contributed by atoms with van der Waals surface area (Å²) in [6.07, 6.45) is 8.81. The van der Waals surface area contributed by atoms with E-state index in [1.807, 2.05) is 12.1 Å². The molecule has 1 aliphatic rings. The van der Waals surface area contributed by atoms with Crippen molar-refractivity contribution in [1.29, 1.82) is 0 Å². The van der Waals surface area contributed by atoms with Crippen molar-refractivity contribution in [3.63, 3.8) is 0 Å². The molecular weight excluding hydrogens is 234 g/mol. The van der Waals surface area contributed by atoms with Crippen LogP contribution < -0.4 is 5.32 Å². The summed E-state index contributed by atoms with van der Waals surface area (Å²) in [4.78, 5) is 0.374. The lowest BCUT2D eigenvalue weighted by atomic mass is 10.0. The topological polar surface area (TPSA) is 46.2 Å². The number of nitrogens with one attached hydrogen (secondary N) is 1. The molecule has 0 spiro atoms. The minimum atomic E-state index is -3.17. The van der Waals surface area contributed by atoms with Gasteiger partial charge in [-0.2, -0.15) is 0 Å². The quantitative estimate of drug-likeness (QED) is 0.840. The number of para-hydroxylation sites is 1. The van der Waals surface area contributed by atoms with Crippen LogP contribution >= 0.6 is 0 Å². The number of sulfone groups is 1. The number of anilines is 1. The number of hydrogen-bond donors (Lipinski definition) is 1. The Hall–Kier alpha value is -1.29. The summed E-state index contributed by atoms with van der Waals surface area (Å²) >= 11 is 0. The molecule has 1 aliphatic carbocycles. The third kappa shape index (κ3) is 3.09. The van der Waals surface area contributed by atoms with Gasteiger partial charge in [0, 0.05) is 12.3 Å². The number of rotatable bonds is 3. The Morgan fingerprint density at radius 3 is 2.71 bits per heavy atom. The molecule has 1 unspecified atom stereocenters. The maximum absolute atomic E-state index is 11.6. The number of hydrogen-bond acceptors (Lipinski definition) is 3. The highest BCUT2D eigenvalue weighted by atomic mass is 32.2. The van der Waals surface area contributed by atoms with E-state index in [0.29, 0.717) is 10.6 Å². The summed E-state index contributed by atoms with van der Waals surface area (Å²) in [7, 11) is -3.17. The van der Waals surface area contributed by atoms with Crippen LogP contribution in [-0.2, 0) is 9.84 Å². The fraction of sp³-hybridized carbons (Fsp3) is 0.385. The zero-order valence-corrected chi connectivity index (χ0v) is 10.7. The van der Waals surface area contributed by atoms with Crippen LogP contribution in [0.5, 0.6) is 0 Å². The Balaban J connectivity index is 2.26. The molecule has 4 heteroatoms. The molecule has 0 saturated heterocycles. The van der Waals surface area contributed by atoms with Gasteiger partial charge in [-0.25, -0.2) is 8.42 Å². The van der Waals surface area contributed by atoms with Crippen molar-refractivity contribution >= 4 is 15.5 Å². The van der Waals surface area contributed by atoms with Crippen LogP contribution in [0.4, 0.5) is 5.69 Å². The Labute approximate surface area is 102 Å². The molecule has 1 N–H and O–H groups in total. The fourth-order valence-electron chi connectivity index (χ4n) is 2.04. The first kappa shape index (κ1) is 12.2. The van der Waals surface area contributed by atoms with Crippen LogP contribution in [0, 0.1) is 0 Å². The molecule has 0 bridgehead atoms. The summed E-state index contributed by atoms with van der Waals surface area (Å²) in [5.41, 5.74) is 0.701. The highest BCUT2D eigenvalue weighted by Gasteiger charge is 2.15. The van der Waals surface area contributed by atoms with Gasteiger partial charge in [-0.3, -0.25) is 0 Å². The van der Waals surface area contributed by atoms with Crippen molar-refractivity contribution in [2.24, 2.45) is 0 Å². The maximum Gasteiger partial charge on any atom is 0.177 e. The smallest absolute Gasteiger partial charge is 0.177 e. The van der Waals surface area contributed by atoms with Crippen LogP contribution in [0.2, 0.25) is 0 Å². The van der Waals surface area contributed by atoms with E-state index in [2.05, 4.69) is 17.5 Å². The molecule has 0 amide bonds. The van der Waals surface area contributed by atoms with Gasteiger partial charge in [-0.1, -0.05) is 24.3 Å². The molecule has 92 valence electrons. The molecule has 0 aliphatic heterocycles. The van der Waals surface area contributed by atoms with Gasteiger partial charge >= 0.3 is 0 Å². The minimum Gasteiger partial charge on any atom is -0.378 e. The van der Waals surface area contributed by atoms with E-state index in [-0.39, 0.29) is 6.04 Å². The molecule has 0 heterocycles. The van der Waals surface area contributed by atoms with Crippen molar-refractivity contribution < 1.29 is 8.42 Å². The second-order valence-corrected chi connectivity index (χ2v) is 6.36. The molecule has 1 aromatic rings. The molecule has 1 aromatic carbocycles. The molecule has 3 nitrogen and oxygen atoms in total. The lowest BCUT2D eigenvalue weighted by Crippen LogP contribution is -2.20. The minimum absolute atomic E-state index is 0.242. The van der Waals surface area contributed by atoms with E-state index in [1.165, 1.54) is 6.26 Å². The molecule has 0 saturated carbocycles. The van der Waals surface area contributed by atoms with Gasteiger partial charge in [0.15, 0.2) is 9.84 Å². The van der Waals surface area contributed by atoms with Gasteiger partial charge in [0.2, 0.25) is 0 Å². The monoisotopic (exact) mass is 251 g/mol. The van der Waals surface area contributed by atoms with Gasteiger partial charge in [0.25, 0.3) is 0 Å². The molecule has 2 rings (SSSR count). The maximum atomic E-state index is 11.6. The Kier molecular flexibility index (Phi) is 3.52. The van der Waals surface area contributed by atoms with Crippen LogP contribution in [-0.4, -0.2) is 20.7 Å². The Bertz CT molecular complexity index is 520. The van der Waals surface area contributed by atoms with Crippen molar-refractivity contribution in [2.45, 2.75) is 30.2 Å². The second kappa shape index (κ2) is 4.92. The number of benzene rings is 1. The summed E-state index contributed by atoms with van der Waals surface area (Å²) in [5, 5.41) is 3.29. The molecular formula is C13H17NO2S. The van der Waals surface area contributed by atoms with E-state index in [9.17, 15) is 8.42 Å². The second-order valence-electron chi connectivity index (χ2n) is 4.38. The molecule has 0 fully saturated rings. The van der Waals surface area contributed by atoms with Crippen molar-refractivity contribution in [3.8, 4) is 0 Å². The average Bonchev–Trinajstić information content (AvgIpc) is 2.30. The summed E-state index contributed by atoms with van der Waals surface area (Å²) in [6, 6.07) is 7.30. The van der Waals surface area contributed by atoms with Gasteiger partial charge in [0.1, 0.15) is 0 Å². The normalized spacial score (nSPS) is 20.2. The van der Waals surface area contributed by atoms with E-state index >= 15 is 0 Å². The van der Waals surface area contributed by atoms with Crippen molar-refractivity contribution in [3.05, 3.63) is 36.4 Å². The molecule has 1 atom stereocenters. The number of allylic oxidation sites excluding steroid dienone is 1. The standard InChI is InChI=1S/C13H17NO2S/c1-17(15,16)13-10-6-5-9-12(13)14-11-7-3-2-4-8-11/h3,5-7,9-11,14H,2,4,8H2,1H3. The zero-order chi connectivity index (χ0) is 12.3. The van der Waals surface area contributed by atoms with E-state index in [4.69, 9.17) is 0 Å². The lowest BCUT2D eigenvalue weighted by Gasteiger charge is -2.20. The van der Waals surface area contributed by atoms with Gasteiger partial charge in [0.05, 0.1) is 10.6 Å². The predicted molar refractivity (Wildman–Crippen MR) is 70.0 cm³/mol. The van der Waals surface area contributed by atoms with Gasteiger partial charge in [-0.15, -0.1) is 0 Å². The van der Waals surface area contributed by atoms with Crippen LogP contribution in [0.15, 0.2) is 41.3 Å². The third-order valence-electron chi connectivity index (χ3n) is 2.88. The molecule has 17 heavy (non-hydrogen) atoms. The SMILES string of the molecule is CS(=O)(=O)c1ccccc1NC1C=CCCC1. The van der Waals surface area contributed by atoms with Crippen LogP contribution in [0.25, 0.3) is 0 Å². The van der Waals surface area contributed by atoms with Gasteiger partial charge in [-0.05, 0) is 31.4 Å². The van der Waals surface area contributed by atoms with Crippen molar-refractivity contribution in [1.82, 2.24) is 0 Å². The molecule has 0 radical (unpaired) electrons. The van der Waals surface area contributed by atoms with E-state index < -0.39 is 9.84 Å². The lowest BCUT2D eigenvalue weighted by molar-refractivity contribution is 0.601. The first-order valence-corrected chi connectivity index (χ1v) is 7.69. The largest absolute Gasteiger partial charge is 0.378 e. The van der Waals surface area contributed by atoms with Crippen molar-refractivity contribution in [2.75, 3.05) is 11.6 Å². The zero-order valence-electron chi connectivity index (χ0n) is 9.89. The summed E-state index contributed by atoms with van der Waals surface area (Å²) in [5.74, 6) is 0. The average molecular weight is 251 g/mol. The Morgan fingerprint density at radius 1 is 1.29 bits per heavy atom. The fourth-order valence-corrected chi connectivity index (χ4v) is 2.89.